The first-order valence-electron chi connectivity index (χ1n) is 17.6. The van der Waals surface area contributed by atoms with E-state index in [1.807, 2.05) is 88.7 Å². The Morgan fingerprint density at radius 2 is 1.71 bits per heavy atom. The van der Waals surface area contributed by atoms with Crippen LogP contribution < -0.4 is 10.1 Å². The minimum atomic E-state index is -4.02. The normalized spacial score (nSPS) is 15.8. The molecule has 3 amide bonds. The van der Waals surface area contributed by atoms with Crippen LogP contribution in [0.3, 0.4) is 0 Å². The molecule has 0 saturated carbocycles. The lowest BCUT2D eigenvalue weighted by atomic mass is 9.84. The van der Waals surface area contributed by atoms with Gasteiger partial charge in [0.05, 0.1) is 30.7 Å². The van der Waals surface area contributed by atoms with E-state index in [1.165, 1.54) is 23.5 Å². The molecule has 5 rings (SSSR count). The fourth-order valence-corrected chi connectivity index (χ4v) is 8.32. The van der Waals surface area contributed by atoms with Gasteiger partial charge in [-0.25, -0.2) is 23.2 Å². The number of benzene rings is 2. The van der Waals surface area contributed by atoms with Crippen molar-refractivity contribution in [2.45, 2.75) is 70.7 Å². The number of aromatic nitrogens is 3. The zero-order valence-corrected chi connectivity index (χ0v) is 31.9. The molecule has 13 nitrogen and oxygen atoms in total. The number of ether oxygens (including phenoxy) is 1. The smallest absolute Gasteiger partial charge is 0.321 e. The van der Waals surface area contributed by atoms with Crippen LogP contribution in [0.1, 0.15) is 46.0 Å². The number of nitrogens with zero attached hydrogens (tertiary/aromatic N) is 6. The number of pyridine rings is 1. The average Bonchev–Trinajstić information content (AvgIpc) is 3.61. The molecule has 3 atom stereocenters. The van der Waals surface area contributed by atoms with Crippen molar-refractivity contribution in [3.63, 3.8) is 0 Å². The van der Waals surface area contributed by atoms with Crippen LogP contribution in [0.4, 0.5) is 4.79 Å². The molecule has 4 aromatic rings. The molecule has 0 spiro atoms. The molecule has 2 aromatic heterocycles. The summed E-state index contributed by atoms with van der Waals surface area (Å²) < 4.78 is 36.2. The Kier molecular flexibility index (Phi) is 11.9. The van der Waals surface area contributed by atoms with Gasteiger partial charge < -0.3 is 29.5 Å². The first-order valence-corrected chi connectivity index (χ1v) is 19.0. The van der Waals surface area contributed by atoms with Gasteiger partial charge in [-0.1, -0.05) is 65.0 Å². The van der Waals surface area contributed by atoms with Crippen LogP contribution >= 0.6 is 0 Å². The number of methoxy groups -OCH3 is 1. The van der Waals surface area contributed by atoms with Gasteiger partial charge in [-0.15, -0.1) is 0 Å². The van der Waals surface area contributed by atoms with Crippen LogP contribution in [-0.4, -0.2) is 106 Å². The molecule has 1 fully saturated rings. The number of fused-ring (bicyclic) bond motifs is 1. The van der Waals surface area contributed by atoms with Gasteiger partial charge in [0, 0.05) is 39.4 Å². The lowest BCUT2D eigenvalue weighted by Crippen LogP contribution is -2.59. The van der Waals surface area contributed by atoms with Crippen molar-refractivity contribution in [3.8, 4) is 5.75 Å². The van der Waals surface area contributed by atoms with Crippen LogP contribution in [0.5, 0.6) is 5.75 Å². The quantitative estimate of drug-likeness (QED) is 0.186. The molecule has 1 aliphatic heterocycles. The number of aliphatic hydroxyl groups is 1. The Labute approximate surface area is 306 Å². The predicted molar refractivity (Wildman–Crippen MR) is 199 cm³/mol. The standard InChI is InChI=1S/C38H51N7O6S/c1-26(2)23-44(52(49,50)29-17-15-28(51-7)16-18-29)24-32(46)31(22-27-12-9-8-10-13-27)41-36(47)34(38(3,4)5)45-21-20-43(37(45)48)25-33-40-30-14-11-19-39-35(30)42(33)6/h8-19,26,31-32,34,46H,20-25H2,1-7H3,(H,41,47)/t31-,32-,34+/m0/s1. The molecule has 1 saturated heterocycles. The number of hydrogen-bond donors (Lipinski definition) is 2. The van der Waals surface area contributed by atoms with Crippen molar-refractivity contribution < 1.29 is 27.9 Å². The fourth-order valence-electron chi connectivity index (χ4n) is 6.70. The van der Waals surface area contributed by atoms with Gasteiger partial charge in [0.1, 0.15) is 23.1 Å². The van der Waals surface area contributed by atoms with E-state index >= 15 is 0 Å². The summed E-state index contributed by atoms with van der Waals surface area (Å²) in [5.74, 6) is 0.734. The van der Waals surface area contributed by atoms with Gasteiger partial charge in [-0.05, 0) is 59.7 Å². The van der Waals surface area contributed by atoms with E-state index in [-0.39, 0.29) is 42.9 Å². The molecule has 14 heteroatoms. The topological polar surface area (TPSA) is 150 Å². The number of aliphatic hydroxyl groups excluding tert-OH is 1. The average molecular weight is 734 g/mol. The molecule has 2 N–H and O–H groups in total. The van der Waals surface area contributed by atoms with Crippen molar-refractivity contribution in [2.75, 3.05) is 33.3 Å². The summed E-state index contributed by atoms with van der Waals surface area (Å²) in [6, 6.07) is 17.2. The monoisotopic (exact) mass is 733 g/mol. The van der Waals surface area contributed by atoms with E-state index in [9.17, 15) is 23.1 Å². The van der Waals surface area contributed by atoms with E-state index in [4.69, 9.17) is 4.74 Å². The SMILES string of the molecule is COc1ccc(S(=O)(=O)N(CC(C)C)C[C@H](O)[C@H](Cc2ccccc2)NC(=O)[C@@H](N2CCN(Cc3nc4cccnc4n3C)C2=O)C(C)(C)C)cc1. The molecule has 1 aliphatic rings. The van der Waals surface area contributed by atoms with Gasteiger partial charge in [0.15, 0.2) is 5.65 Å². The van der Waals surface area contributed by atoms with Crippen molar-refractivity contribution in [1.82, 2.24) is 34.0 Å². The van der Waals surface area contributed by atoms with E-state index in [1.54, 1.807) is 28.1 Å². The van der Waals surface area contributed by atoms with Crippen LogP contribution in [-0.2, 0) is 34.8 Å². The summed E-state index contributed by atoms with van der Waals surface area (Å²) in [6.45, 7) is 10.4. The zero-order chi connectivity index (χ0) is 37.8. The maximum atomic E-state index is 14.4. The van der Waals surface area contributed by atoms with Crippen molar-refractivity contribution in [2.24, 2.45) is 18.4 Å². The highest BCUT2D eigenvalue weighted by Crippen LogP contribution is 2.29. The van der Waals surface area contributed by atoms with Gasteiger partial charge in [-0.2, -0.15) is 4.31 Å². The Morgan fingerprint density at radius 3 is 2.33 bits per heavy atom. The summed E-state index contributed by atoms with van der Waals surface area (Å²) in [5.41, 5.74) is 1.64. The van der Waals surface area contributed by atoms with Crippen LogP contribution in [0, 0.1) is 11.3 Å². The van der Waals surface area contributed by atoms with E-state index in [0.29, 0.717) is 24.7 Å². The highest BCUT2D eigenvalue weighted by atomic mass is 32.2. The minimum Gasteiger partial charge on any atom is -0.497 e. The fraction of sp³-hybridized carbons (Fsp3) is 0.474. The third kappa shape index (κ3) is 8.73. The van der Waals surface area contributed by atoms with Crippen molar-refractivity contribution in [1.29, 1.82) is 0 Å². The molecule has 2 aromatic carbocycles. The molecule has 280 valence electrons. The summed E-state index contributed by atoms with van der Waals surface area (Å²) in [4.78, 5) is 40.8. The van der Waals surface area contributed by atoms with Gasteiger partial charge in [0.25, 0.3) is 0 Å². The van der Waals surface area contributed by atoms with E-state index in [2.05, 4.69) is 15.3 Å². The Morgan fingerprint density at radius 1 is 1.02 bits per heavy atom. The summed E-state index contributed by atoms with van der Waals surface area (Å²) in [7, 11) is -0.646. The molecule has 0 radical (unpaired) electrons. The molecule has 0 unspecified atom stereocenters. The van der Waals surface area contributed by atoms with E-state index in [0.717, 1.165) is 16.7 Å². The van der Waals surface area contributed by atoms with Gasteiger partial charge in [0.2, 0.25) is 15.9 Å². The molecule has 0 aliphatic carbocycles. The number of hydrogen-bond acceptors (Lipinski definition) is 8. The lowest BCUT2D eigenvalue weighted by molar-refractivity contribution is -0.130. The number of rotatable bonds is 15. The summed E-state index contributed by atoms with van der Waals surface area (Å²) in [6.07, 6.45) is 0.657. The van der Waals surface area contributed by atoms with Crippen LogP contribution in [0.15, 0.2) is 77.8 Å². The van der Waals surface area contributed by atoms with Crippen molar-refractivity contribution in [3.05, 3.63) is 84.3 Å². The number of carbonyl (C=O) groups excluding carboxylic acids is 2. The second-order valence-electron chi connectivity index (χ2n) is 14.9. The highest BCUT2D eigenvalue weighted by Gasteiger charge is 2.44. The molecular formula is C38H51N7O6S. The van der Waals surface area contributed by atoms with Gasteiger partial charge >= 0.3 is 6.03 Å². The largest absolute Gasteiger partial charge is 0.497 e. The number of urea groups is 1. The second kappa shape index (κ2) is 16.0. The minimum absolute atomic E-state index is 0.0443. The Bertz CT molecular complexity index is 1940. The van der Waals surface area contributed by atoms with Crippen molar-refractivity contribution >= 4 is 33.1 Å². The first-order chi connectivity index (χ1) is 24.6. The molecular weight excluding hydrogens is 683 g/mol. The lowest BCUT2D eigenvalue weighted by Gasteiger charge is -2.38. The van der Waals surface area contributed by atoms with Crippen LogP contribution in [0.25, 0.3) is 11.2 Å². The third-order valence-corrected chi connectivity index (χ3v) is 11.2. The predicted octanol–water partition coefficient (Wildman–Crippen LogP) is 4.06. The molecule has 3 heterocycles. The summed E-state index contributed by atoms with van der Waals surface area (Å²) in [5, 5.41) is 14.9. The maximum Gasteiger partial charge on any atom is 0.321 e. The second-order valence-corrected chi connectivity index (χ2v) is 16.8. The number of nitrogens with one attached hydrogen (secondary N) is 1. The number of sulfonamides is 1. The number of aryl methyl sites for hydroxylation is 1. The van der Waals surface area contributed by atoms with E-state index < -0.39 is 39.5 Å². The molecule has 52 heavy (non-hydrogen) atoms. The zero-order valence-electron chi connectivity index (χ0n) is 31.1. The number of imidazole rings is 1. The van der Waals surface area contributed by atoms with Crippen LogP contribution in [0.2, 0.25) is 0 Å². The number of carbonyl (C=O) groups is 2. The highest BCUT2D eigenvalue weighted by molar-refractivity contribution is 7.89. The Hall–Kier alpha value is -4.53. The molecule has 0 bridgehead atoms. The Balaban J connectivity index is 1.39. The van der Waals surface area contributed by atoms with Gasteiger partial charge in [-0.3, -0.25) is 4.79 Å². The summed E-state index contributed by atoms with van der Waals surface area (Å²) >= 11 is 0. The first kappa shape index (κ1) is 38.7. The number of amides is 3. The third-order valence-electron chi connectivity index (χ3n) is 9.31. The maximum absolute atomic E-state index is 14.4.